The topological polar surface area (TPSA) is 74.6 Å². The summed E-state index contributed by atoms with van der Waals surface area (Å²) in [7, 11) is 0. The van der Waals surface area contributed by atoms with E-state index in [1.807, 2.05) is 54.6 Å². The van der Waals surface area contributed by atoms with Crippen molar-refractivity contribution in [1.29, 1.82) is 5.26 Å². The number of nitrogens with zero attached hydrogens (tertiary/aromatic N) is 3. The van der Waals surface area contributed by atoms with Crippen LogP contribution in [0.1, 0.15) is 11.3 Å². The van der Waals surface area contributed by atoms with Crippen molar-refractivity contribution in [2.24, 2.45) is 0 Å². The van der Waals surface area contributed by atoms with E-state index in [4.69, 9.17) is 10.00 Å². The Morgan fingerprint density at radius 3 is 2.72 bits per heavy atom. The van der Waals surface area contributed by atoms with Crippen LogP contribution in [0.15, 0.2) is 66.7 Å². The summed E-state index contributed by atoms with van der Waals surface area (Å²) in [5.41, 5.74) is 2.67. The first kappa shape index (κ1) is 14.9. The summed E-state index contributed by atoms with van der Waals surface area (Å²) in [6.07, 6.45) is 0. The minimum atomic E-state index is 0.284. The third-order valence-electron chi connectivity index (χ3n) is 4.00. The van der Waals surface area contributed by atoms with Crippen molar-refractivity contribution >= 4 is 10.8 Å². The molecule has 0 bridgehead atoms. The lowest BCUT2D eigenvalue weighted by Gasteiger charge is -2.10. The summed E-state index contributed by atoms with van der Waals surface area (Å²) in [5.74, 6) is 0.850. The fraction of sp³-hybridized carbons (Fsp3) is 0.0500. The van der Waals surface area contributed by atoms with Gasteiger partial charge in [-0.2, -0.15) is 15.6 Å². The standard InChI is InChI=1S/C20H14N4O/c21-12-18-20(23-24-22-18)16-8-3-5-14(11-16)13-25-19-10-4-7-15-6-1-2-9-17(15)19/h1-11H,13H2,(H,22,23,24). The van der Waals surface area contributed by atoms with Crippen LogP contribution in [0.25, 0.3) is 22.0 Å². The van der Waals surface area contributed by atoms with Gasteiger partial charge in [-0.3, -0.25) is 0 Å². The highest BCUT2D eigenvalue weighted by atomic mass is 16.5. The molecule has 0 aliphatic carbocycles. The lowest BCUT2D eigenvalue weighted by atomic mass is 10.1. The Morgan fingerprint density at radius 2 is 1.80 bits per heavy atom. The van der Waals surface area contributed by atoms with E-state index in [0.717, 1.165) is 27.6 Å². The van der Waals surface area contributed by atoms with Gasteiger partial charge in [0.05, 0.1) is 0 Å². The van der Waals surface area contributed by atoms with Crippen LogP contribution in [0.4, 0.5) is 0 Å². The molecule has 1 N–H and O–H groups in total. The van der Waals surface area contributed by atoms with E-state index < -0.39 is 0 Å². The summed E-state index contributed by atoms with van der Waals surface area (Å²) >= 11 is 0. The van der Waals surface area contributed by atoms with E-state index in [-0.39, 0.29) is 5.69 Å². The van der Waals surface area contributed by atoms with Crippen LogP contribution in [0, 0.1) is 11.3 Å². The van der Waals surface area contributed by atoms with Crippen LogP contribution in [0.5, 0.6) is 5.75 Å². The fourth-order valence-corrected chi connectivity index (χ4v) is 2.80. The third-order valence-corrected chi connectivity index (χ3v) is 4.00. The van der Waals surface area contributed by atoms with Gasteiger partial charge in [-0.05, 0) is 23.1 Å². The first-order valence-electron chi connectivity index (χ1n) is 7.86. The number of hydrogen-bond acceptors (Lipinski definition) is 4. The molecule has 5 nitrogen and oxygen atoms in total. The first-order chi connectivity index (χ1) is 12.3. The molecule has 0 unspecified atom stereocenters. The zero-order chi connectivity index (χ0) is 17.1. The van der Waals surface area contributed by atoms with Gasteiger partial charge in [-0.1, -0.05) is 54.6 Å². The molecule has 1 aromatic heterocycles. The molecule has 25 heavy (non-hydrogen) atoms. The summed E-state index contributed by atoms with van der Waals surface area (Å²) in [5, 5.41) is 21.7. The van der Waals surface area contributed by atoms with E-state index >= 15 is 0 Å². The maximum atomic E-state index is 9.09. The van der Waals surface area contributed by atoms with Crippen LogP contribution in [0.3, 0.4) is 0 Å². The van der Waals surface area contributed by atoms with Crippen molar-refractivity contribution < 1.29 is 4.74 Å². The van der Waals surface area contributed by atoms with Gasteiger partial charge in [0.1, 0.15) is 24.1 Å². The van der Waals surface area contributed by atoms with Gasteiger partial charge < -0.3 is 4.74 Å². The zero-order valence-electron chi connectivity index (χ0n) is 13.3. The SMILES string of the molecule is N#Cc1n[nH]nc1-c1cccc(COc2cccc3ccccc23)c1. The number of ether oxygens (including phenoxy) is 1. The van der Waals surface area contributed by atoms with E-state index in [2.05, 4.69) is 33.6 Å². The second-order valence-corrected chi connectivity index (χ2v) is 5.60. The van der Waals surface area contributed by atoms with Crippen molar-refractivity contribution in [3.05, 3.63) is 78.0 Å². The Balaban J connectivity index is 1.60. The molecule has 4 rings (SSSR count). The average molecular weight is 326 g/mol. The van der Waals surface area contributed by atoms with E-state index in [1.165, 1.54) is 0 Å². The molecule has 4 aromatic rings. The molecule has 0 spiro atoms. The van der Waals surface area contributed by atoms with Gasteiger partial charge in [-0.15, -0.1) is 5.10 Å². The summed E-state index contributed by atoms with van der Waals surface area (Å²) < 4.78 is 6.03. The number of nitrogens with one attached hydrogen (secondary N) is 1. The predicted molar refractivity (Wildman–Crippen MR) is 94.8 cm³/mol. The molecule has 3 aromatic carbocycles. The minimum Gasteiger partial charge on any atom is -0.488 e. The second-order valence-electron chi connectivity index (χ2n) is 5.60. The fourth-order valence-electron chi connectivity index (χ4n) is 2.80. The molecular weight excluding hydrogens is 312 g/mol. The molecule has 0 fully saturated rings. The van der Waals surface area contributed by atoms with Gasteiger partial charge in [0, 0.05) is 10.9 Å². The number of rotatable bonds is 4. The number of aromatic amines is 1. The van der Waals surface area contributed by atoms with Gasteiger partial charge in [0.15, 0.2) is 5.69 Å². The van der Waals surface area contributed by atoms with Gasteiger partial charge >= 0.3 is 0 Å². The van der Waals surface area contributed by atoms with Crippen molar-refractivity contribution in [3.8, 4) is 23.1 Å². The minimum absolute atomic E-state index is 0.284. The van der Waals surface area contributed by atoms with Crippen LogP contribution in [-0.2, 0) is 6.61 Å². The van der Waals surface area contributed by atoms with Crippen molar-refractivity contribution in [3.63, 3.8) is 0 Å². The maximum Gasteiger partial charge on any atom is 0.190 e. The highest BCUT2D eigenvalue weighted by Gasteiger charge is 2.10. The number of nitriles is 1. The molecule has 0 saturated heterocycles. The number of fused-ring (bicyclic) bond motifs is 1. The molecule has 5 heteroatoms. The summed E-state index contributed by atoms with van der Waals surface area (Å²) in [4.78, 5) is 0. The Bertz CT molecular complexity index is 1070. The molecule has 0 atom stereocenters. The molecule has 0 amide bonds. The van der Waals surface area contributed by atoms with Crippen LogP contribution >= 0.6 is 0 Å². The van der Waals surface area contributed by atoms with Crippen LogP contribution in [-0.4, -0.2) is 15.4 Å². The highest BCUT2D eigenvalue weighted by molar-refractivity contribution is 5.88. The molecule has 120 valence electrons. The Morgan fingerprint density at radius 1 is 0.960 bits per heavy atom. The largest absolute Gasteiger partial charge is 0.488 e. The first-order valence-corrected chi connectivity index (χ1v) is 7.86. The van der Waals surface area contributed by atoms with E-state index in [1.54, 1.807) is 0 Å². The second kappa shape index (κ2) is 6.46. The third kappa shape index (κ3) is 2.93. The number of benzene rings is 3. The predicted octanol–water partition coefficient (Wildman–Crippen LogP) is 4.08. The summed E-state index contributed by atoms with van der Waals surface area (Å²) in [6.45, 7) is 0.432. The quantitative estimate of drug-likeness (QED) is 0.613. The molecule has 0 saturated carbocycles. The molecule has 1 heterocycles. The van der Waals surface area contributed by atoms with Gasteiger partial charge in [0.2, 0.25) is 0 Å². The Labute approximate surface area is 144 Å². The molecular formula is C20H14N4O. The lowest BCUT2D eigenvalue weighted by Crippen LogP contribution is -1.96. The van der Waals surface area contributed by atoms with E-state index in [9.17, 15) is 0 Å². The number of H-pyrrole nitrogens is 1. The van der Waals surface area contributed by atoms with Crippen LogP contribution in [0.2, 0.25) is 0 Å². The van der Waals surface area contributed by atoms with Gasteiger partial charge in [0.25, 0.3) is 0 Å². The van der Waals surface area contributed by atoms with Crippen molar-refractivity contribution in [2.45, 2.75) is 6.61 Å². The molecule has 0 aliphatic rings. The Hall–Kier alpha value is -3.65. The maximum absolute atomic E-state index is 9.09. The molecule has 0 radical (unpaired) electrons. The Kier molecular flexibility index (Phi) is 3.85. The lowest BCUT2D eigenvalue weighted by molar-refractivity contribution is 0.310. The number of hydrogen-bond donors (Lipinski definition) is 1. The van der Waals surface area contributed by atoms with Crippen LogP contribution < -0.4 is 4.74 Å². The average Bonchev–Trinajstić information content (AvgIpc) is 3.15. The monoisotopic (exact) mass is 326 g/mol. The zero-order valence-corrected chi connectivity index (χ0v) is 13.3. The highest BCUT2D eigenvalue weighted by Crippen LogP contribution is 2.26. The normalized spacial score (nSPS) is 10.5. The number of aromatic nitrogens is 3. The molecule has 0 aliphatic heterocycles. The van der Waals surface area contributed by atoms with E-state index in [0.29, 0.717) is 12.3 Å². The van der Waals surface area contributed by atoms with Crippen molar-refractivity contribution in [2.75, 3.05) is 0 Å². The summed E-state index contributed by atoms with van der Waals surface area (Å²) in [6, 6.07) is 24.0. The van der Waals surface area contributed by atoms with Crippen molar-refractivity contribution in [1.82, 2.24) is 15.4 Å². The van der Waals surface area contributed by atoms with Gasteiger partial charge in [-0.25, -0.2) is 0 Å². The smallest absolute Gasteiger partial charge is 0.190 e.